The van der Waals surface area contributed by atoms with Gasteiger partial charge in [0, 0.05) is 12.2 Å². The number of halogens is 1. The average molecular weight is 282 g/mol. The molecule has 1 fully saturated rings. The number of aromatic nitrogens is 1. The average Bonchev–Trinajstić information content (AvgIpc) is 2.35. The maximum atomic E-state index is 12.2. The van der Waals surface area contributed by atoms with Crippen molar-refractivity contribution >= 4 is 23.3 Å². The van der Waals surface area contributed by atoms with Crippen LogP contribution in [0.4, 0.5) is 5.82 Å². The Labute approximate surface area is 118 Å². The van der Waals surface area contributed by atoms with E-state index in [4.69, 9.17) is 17.3 Å². The second-order valence-electron chi connectivity index (χ2n) is 5.10. The number of nitrogens with two attached hydrogens (primary N) is 1. The molecule has 0 bridgehead atoms. The zero-order valence-corrected chi connectivity index (χ0v) is 11.7. The maximum absolute atomic E-state index is 12.2. The highest BCUT2D eigenvalue weighted by molar-refractivity contribution is 6.33. The molecule has 0 radical (unpaired) electrons. The van der Waals surface area contributed by atoms with E-state index >= 15 is 0 Å². The number of nitrogens with one attached hydrogen (secondary N) is 1. The van der Waals surface area contributed by atoms with Crippen LogP contribution in [0.15, 0.2) is 12.3 Å². The van der Waals surface area contributed by atoms with Crippen LogP contribution in [0.1, 0.15) is 55.3 Å². The minimum atomic E-state index is -0.148. The summed E-state index contributed by atoms with van der Waals surface area (Å²) in [5.41, 5.74) is 6.01. The molecule has 4 nitrogen and oxygen atoms in total. The molecule has 1 aliphatic rings. The highest BCUT2D eigenvalue weighted by Crippen LogP contribution is 2.20. The van der Waals surface area contributed by atoms with Gasteiger partial charge in [-0.1, -0.05) is 43.7 Å². The van der Waals surface area contributed by atoms with Gasteiger partial charge in [0.2, 0.25) is 0 Å². The zero-order valence-electron chi connectivity index (χ0n) is 11.0. The van der Waals surface area contributed by atoms with Crippen molar-refractivity contribution in [3.05, 3.63) is 22.8 Å². The van der Waals surface area contributed by atoms with Crippen molar-refractivity contribution in [2.45, 2.75) is 51.0 Å². The first kappa shape index (κ1) is 14.1. The van der Waals surface area contributed by atoms with Crippen LogP contribution >= 0.6 is 11.6 Å². The topological polar surface area (TPSA) is 68.0 Å². The predicted octanol–water partition coefficient (Wildman–Crippen LogP) is 3.16. The summed E-state index contributed by atoms with van der Waals surface area (Å²) in [6.07, 6.45) is 9.70. The molecule has 0 unspecified atom stereocenters. The molecule has 3 N–H and O–H groups in total. The number of carbonyl (C=O) groups is 1. The van der Waals surface area contributed by atoms with Crippen LogP contribution in [0, 0.1) is 0 Å². The number of amides is 1. The summed E-state index contributed by atoms with van der Waals surface area (Å²) in [4.78, 5) is 16.1. The van der Waals surface area contributed by atoms with Gasteiger partial charge in [-0.15, -0.1) is 0 Å². The third kappa shape index (κ3) is 4.10. The van der Waals surface area contributed by atoms with E-state index in [0.29, 0.717) is 16.4 Å². The van der Waals surface area contributed by atoms with E-state index in [1.165, 1.54) is 44.4 Å². The Bertz CT molecular complexity index is 442. The molecule has 0 atom stereocenters. The number of hydrogen-bond donors (Lipinski definition) is 2. The molecule has 0 aliphatic heterocycles. The highest BCUT2D eigenvalue weighted by Gasteiger charge is 2.17. The molecule has 104 valence electrons. The van der Waals surface area contributed by atoms with Crippen LogP contribution in [0.25, 0.3) is 0 Å². The summed E-state index contributed by atoms with van der Waals surface area (Å²) in [6.45, 7) is 0. The van der Waals surface area contributed by atoms with E-state index in [-0.39, 0.29) is 11.9 Å². The number of nitrogens with zero attached hydrogens (tertiary/aromatic N) is 1. The third-order valence-corrected chi connectivity index (χ3v) is 3.86. The van der Waals surface area contributed by atoms with Crippen molar-refractivity contribution in [1.29, 1.82) is 0 Å². The molecule has 1 aliphatic carbocycles. The van der Waals surface area contributed by atoms with E-state index in [1.54, 1.807) is 0 Å². The van der Waals surface area contributed by atoms with Gasteiger partial charge in [-0.2, -0.15) is 0 Å². The lowest BCUT2D eigenvalue weighted by Gasteiger charge is -2.21. The molecule has 2 rings (SSSR count). The first-order chi connectivity index (χ1) is 9.16. The molecule has 1 amide bonds. The third-order valence-electron chi connectivity index (χ3n) is 3.56. The molecular weight excluding hydrogens is 262 g/mol. The molecule has 1 heterocycles. The van der Waals surface area contributed by atoms with Crippen molar-refractivity contribution < 1.29 is 4.79 Å². The second kappa shape index (κ2) is 6.75. The molecule has 1 aromatic heterocycles. The summed E-state index contributed by atoms with van der Waals surface area (Å²) in [6, 6.07) is 1.78. The van der Waals surface area contributed by atoms with Crippen LogP contribution in [0.3, 0.4) is 0 Å². The fraction of sp³-hybridized carbons (Fsp3) is 0.571. The van der Waals surface area contributed by atoms with E-state index in [1.807, 2.05) is 0 Å². The van der Waals surface area contributed by atoms with Crippen molar-refractivity contribution in [3.8, 4) is 0 Å². The Kier molecular flexibility index (Phi) is 5.02. The number of nitrogen functional groups attached to an aromatic ring is 1. The van der Waals surface area contributed by atoms with Gasteiger partial charge in [-0.05, 0) is 18.9 Å². The molecule has 5 heteroatoms. The Morgan fingerprint density at radius 3 is 2.58 bits per heavy atom. The quantitative estimate of drug-likeness (QED) is 0.875. The lowest BCUT2D eigenvalue weighted by atomic mass is 9.96. The smallest absolute Gasteiger partial charge is 0.253 e. The molecule has 0 spiro atoms. The number of rotatable bonds is 2. The minimum Gasteiger partial charge on any atom is -0.384 e. The fourth-order valence-corrected chi connectivity index (χ4v) is 2.68. The standard InChI is InChI=1S/C14H20ClN3O/c15-12-9-17-13(16)8-11(12)14(19)18-10-6-4-2-1-3-5-7-10/h8-10H,1-7H2,(H2,16,17)(H,18,19). The predicted molar refractivity (Wildman–Crippen MR) is 77.2 cm³/mol. The van der Waals surface area contributed by atoms with E-state index in [9.17, 15) is 4.79 Å². The summed E-state index contributed by atoms with van der Waals surface area (Å²) in [5, 5.41) is 3.41. The monoisotopic (exact) mass is 281 g/mol. The molecule has 1 aromatic rings. The Balaban J connectivity index is 2.00. The Morgan fingerprint density at radius 2 is 1.89 bits per heavy atom. The zero-order chi connectivity index (χ0) is 13.7. The summed E-state index contributed by atoms with van der Waals surface area (Å²) in [7, 11) is 0. The van der Waals surface area contributed by atoms with E-state index in [0.717, 1.165) is 12.8 Å². The maximum Gasteiger partial charge on any atom is 0.253 e. The number of pyridine rings is 1. The summed E-state index contributed by atoms with van der Waals surface area (Å²) < 4.78 is 0. The van der Waals surface area contributed by atoms with Crippen molar-refractivity contribution in [3.63, 3.8) is 0 Å². The van der Waals surface area contributed by atoms with Gasteiger partial charge in [0.1, 0.15) is 5.82 Å². The fourth-order valence-electron chi connectivity index (χ4n) is 2.49. The van der Waals surface area contributed by atoms with Crippen LogP contribution < -0.4 is 11.1 Å². The van der Waals surface area contributed by atoms with Crippen molar-refractivity contribution in [2.24, 2.45) is 0 Å². The first-order valence-electron chi connectivity index (χ1n) is 6.88. The van der Waals surface area contributed by atoms with Crippen LogP contribution in [-0.2, 0) is 0 Å². The van der Waals surface area contributed by atoms with E-state index in [2.05, 4.69) is 10.3 Å². The molecule has 19 heavy (non-hydrogen) atoms. The van der Waals surface area contributed by atoms with Crippen molar-refractivity contribution in [2.75, 3.05) is 5.73 Å². The van der Waals surface area contributed by atoms with Crippen LogP contribution in [0.5, 0.6) is 0 Å². The van der Waals surface area contributed by atoms with Gasteiger partial charge >= 0.3 is 0 Å². The SMILES string of the molecule is Nc1cc(C(=O)NC2CCCCCCC2)c(Cl)cn1. The molecule has 0 aromatic carbocycles. The molecule has 0 saturated heterocycles. The normalized spacial score (nSPS) is 17.5. The summed E-state index contributed by atoms with van der Waals surface area (Å²) in [5.74, 6) is 0.164. The summed E-state index contributed by atoms with van der Waals surface area (Å²) >= 11 is 5.99. The lowest BCUT2D eigenvalue weighted by Crippen LogP contribution is -2.35. The minimum absolute atomic E-state index is 0.148. The second-order valence-corrected chi connectivity index (χ2v) is 5.51. The van der Waals surface area contributed by atoms with E-state index < -0.39 is 0 Å². The molecule has 1 saturated carbocycles. The van der Waals surface area contributed by atoms with Crippen molar-refractivity contribution in [1.82, 2.24) is 10.3 Å². The van der Waals surface area contributed by atoms with Gasteiger partial charge in [-0.25, -0.2) is 4.98 Å². The van der Waals surface area contributed by atoms with Crippen LogP contribution in [-0.4, -0.2) is 16.9 Å². The van der Waals surface area contributed by atoms with Gasteiger partial charge in [0.15, 0.2) is 0 Å². The van der Waals surface area contributed by atoms with Gasteiger partial charge < -0.3 is 11.1 Å². The van der Waals surface area contributed by atoms with Gasteiger partial charge in [-0.3, -0.25) is 4.79 Å². The largest absolute Gasteiger partial charge is 0.384 e. The number of hydrogen-bond acceptors (Lipinski definition) is 3. The highest BCUT2D eigenvalue weighted by atomic mass is 35.5. The number of carbonyl (C=O) groups excluding carboxylic acids is 1. The van der Waals surface area contributed by atoms with Gasteiger partial charge in [0.05, 0.1) is 10.6 Å². The Morgan fingerprint density at radius 1 is 1.26 bits per heavy atom. The Hall–Kier alpha value is -1.29. The lowest BCUT2D eigenvalue weighted by molar-refractivity contribution is 0.0930. The van der Waals surface area contributed by atoms with Crippen LogP contribution in [0.2, 0.25) is 5.02 Å². The van der Waals surface area contributed by atoms with Gasteiger partial charge in [0.25, 0.3) is 5.91 Å². The first-order valence-corrected chi connectivity index (χ1v) is 7.26. The number of anilines is 1. The molecular formula is C14H20ClN3O.